The maximum atomic E-state index is 11.8. The Labute approximate surface area is 104 Å². The van der Waals surface area contributed by atoms with Gasteiger partial charge in [0.25, 0.3) is 0 Å². The predicted molar refractivity (Wildman–Crippen MR) is 69.9 cm³/mol. The Morgan fingerprint density at radius 2 is 2.13 bits per heavy atom. The molecule has 1 aliphatic rings. The second-order valence-corrected chi connectivity index (χ2v) is 5.72. The highest BCUT2D eigenvalue weighted by atomic mass is 127. The summed E-state index contributed by atoms with van der Waals surface area (Å²) in [6.45, 7) is 4.03. The minimum Gasteiger partial charge on any atom is -0.325 e. The number of rotatable bonds is 2. The van der Waals surface area contributed by atoms with Crippen molar-refractivity contribution < 1.29 is 4.79 Å². The fourth-order valence-corrected chi connectivity index (χ4v) is 1.91. The molecule has 0 saturated heterocycles. The first kappa shape index (κ1) is 10.9. The molecular formula is C12H14INO. The van der Waals surface area contributed by atoms with E-state index >= 15 is 0 Å². The number of hydrogen-bond donors (Lipinski definition) is 1. The van der Waals surface area contributed by atoms with E-state index in [1.165, 1.54) is 0 Å². The molecule has 0 atom stereocenters. The van der Waals surface area contributed by atoms with Crippen LogP contribution in [0.4, 0.5) is 5.69 Å². The maximum Gasteiger partial charge on any atom is 0.230 e. The van der Waals surface area contributed by atoms with Gasteiger partial charge >= 0.3 is 0 Å². The molecule has 0 aromatic heterocycles. The van der Waals surface area contributed by atoms with Crippen molar-refractivity contribution in [3.05, 3.63) is 27.3 Å². The molecular weight excluding hydrogens is 301 g/mol. The molecule has 0 spiro atoms. The maximum absolute atomic E-state index is 11.8. The van der Waals surface area contributed by atoms with Crippen LogP contribution >= 0.6 is 22.6 Å². The monoisotopic (exact) mass is 315 g/mol. The zero-order chi connectivity index (χ0) is 11.1. The van der Waals surface area contributed by atoms with Gasteiger partial charge in [-0.15, -0.1) is 0 Å². The van der Waals surface area contributed by atoms with Crippen molar-refractivity contribution in [2.24, 2.45) is 5.41 Å². The molecule has 1 aromatic carbocycles. The Kier molecular flexibility index (Phi) is 2.75. The van der Waals surface area contributed by atoms with Gasteiger partial charge in [0.1, 0.15) is 0 Å². The van der Waals surface area contributed by atoms with E-state index in [1.807, 2.05) is 32.0 Å². The van der Waals surface area contributed by atoms with Gasteiger partial charge in [0.2, 0.25) is 5.91 Å². The Balaban J connectivity index is 2.16. The average Bonchev–Trinajstić information content (AvgIpc) is 2.91. The summed E-state index contributed by atoms with van der Waals surface area (Å²) in [5.41, 5.74) is 1.96. The number of halogens is 1. The SMILES string of the molecule is Cc1ccc(I)cc1NC(=O)C1(C)CC1. The van der Waals surface area contributed by atoms with E-state index in [-0.39, 0.29) is 11.3 Å². The van der Waals surface area contributed by atoms with Gasteiger partial charge in [0.15, 0.2) is 0 Å². The average molecular weight is 315 g/mol. The topological polar surface area (TPSA) is 29.1 Å². The fraction of sp³-hybridized carbons (Fsp3) is 0.417. The molecule has 1 aliphatic carbocycles. The highest BCUT2D eigenvalue weighted by Crippen LogP contribution is 2.45. The fourth-order valence-electron chi connectivity index (χ4n) is 1.42. The summed E-state index contributed by atoms with van der Waals surface area (Å²) in [4.78, 5) is 11.8. The number of carbonyl (C=O) groups is 1. The number of amides is 1. The van der Waals surface area contributed by atoms with Crippen molar-refractivity contribution >= 4 is 34.2 Å². The molecule has 0 aliphatic heterocycles. The predicted octanol–water partition coefficient (Wildman–Crippen LogP) is 3.34. The van der Waals surface area contributed by atoms with Gasteiger partial charge in [0, 0.05) is 14.7 Å². The van der Waals surface area contributed by atoms with Crippen molar-refractivity contribution in [3.8, 4) is 0 Å². The molecule has 80 valence electrons. The van der Waals surface area contributed by atoms with Crippen molar-refractivity contribution in [1.82, 2.24) is 0 Å². The van der Waals surface area contributed by atoms with Crippen LogP contribution in [0.1, 0.15) is 25.3 Å². The summed E-state index contributed by atoms with van der Waals surface area (Å²) >= 11 is 2.25. The molecule has 1 saturated carbocycles. The number of hydrogen-bond acceptors (Lipinski definition) is 1. The van der Waals surface area contributed by atoms with Gasteiger partial charge in [-0.3, -0.25) is 4.79 Å². The lowest BCUT2D eigenvalue weighted by Crippen LogP contribution is -2.21. The Morgan fingerprint density at radius 3 is 2.73 bits per heavy atom. The first-order valence-electron chi connectivity index (χ1n) is 5.09. The summed E-state index contributed by atoms with van der Waals surface area (Å²) in [5, 5.41) is 3.01. The summed E-state index contributed by atoms with van der Waals surface area (Å²) in [6, 6.07) is 6.09. The van der Waals surface area contributed by atoms with E-state index in [4.69, 9.17) is 0 Å². The van der Waals surface area contributed by atoms with Crippen LogP contribution in [0.15, 0.2) is 18.2 Å². The molecule has 1 amide bonds. The van der Waals surface area contributed by atoms with Crippen LogP contribution in [-0.4, -0.2) is 5.91 Å². The molecule has 0 bridgehead atoms. The van der Waals surface area contributed by atoms with Crippen molar-refractivity contribution in [1.29, 1.82) is 0 Å². The largest absolute Gasteiger partial charge is 0.325 e. The highest BCUT2D eigenvalue weighted by molar-refractivity contribution is 14.1. The van der Waals surface area contributed by atoms with Crippen LogP contribution in [0.5, 0.6) is 0 Å². The number of benzene rings is 1. The van der Waals surface area contributed by atoms with E-state index in [0.29, 0.717) is 0 Å². The van der Waals surface area contributed by atoms with Crippen LogP contribution in [0.3, 0.4) is 0 Å². The lowest BCUT2D eigenvalue weighted by atomic mass is 10.1. The van der Waals surface area contributed by atoms with Gasteiger partial charge in [-0.25, -0.2) is 0 Å². The molecule has 2 rings (SSSR count). The van der Waals surface area contributed by atoms with E-state index in [0.717, 1.165) is 27.7 Å². The first-order chi connectivity index (χ1) is 7.01. The molecule has 0 unspecified atom stereocenters. The Hall–Kier alpha value is -0.580. The van der Waals surface area contributed by atoms with E-state index in [9.17, 15) is 4.79 Å². The van der Waals surface area contributed by atoms with Crippen molar-refractivity contribution in [2.75, 3.05) is 5.32 Å². The summed E-state index contributed by atoms with van der Waals surface area (Å²) < 4.78 is 1.15. The van der Waals surface area contributed by atoms with Crippen LogP contribution in [0, 0.1) is 15.9 Å². The van der Waals surface area contributed by atoms with Gasteiger partial charge in [-0.05, 0) is 60.1 Å². The summed E-state index contributed by atoms with van der Waals surface area (Å²) in [7, 11) is 0. The number of aryl methyl sites for hydroxylation is 1. The van der Waals surface area contributed by atoms with Crippen LogP contribution in [0.25, 0.3) is 0 Å². The molecule has 0 radical (unpaired) electrons. The molecule has 1 N–H and O–H groups in total. The van der Waals surface area contributed by atoms with E-state index < -0.39 is 0 Å². The van der Waals surface area contributed by atoms with Gasteiger partial charge in [-0.1, -0.05) is 13.0 Å². The second-order valence-electron chi connectivity index (χ2n) is 4.47. The van der Waals surface area contributed by atoms with Crippen LogP contribution in [-0.2, 0) is 4.79 Å². The minimum absolute atomic E-state index is 0.103. The molecule has 15 heavy (non-hydrogen) atoms. The number of nitrogens with one attached hydrogen (secondary N) is 1. The Morgan fingerprint density at radius 1 is 1.47 bits per heavy atom. The molecule has 3 heteroatoms. The number of anilines is 1. The lowest BCUT2D eigenvalue weighted by Gasteiger charge is -2.12. The summed E-state index contributed by atoms with van der Waals surface area (Å²) in [6.07, 6.45) is 2.03. The quantitative estimate of drug-likeness (QED) is 0.833. The standard InChI is InChI=1S/C12H14INO/c1-8-3-4-9(13)7-10(8)14-11(15)12(2)5-6-12/h3-4,7H,5-6H2,1-2H3,(H,14,15). The molecule has 0 heterocycles. The molecule has 1 aromatic rings. The Bertz CT molecular complexity index is 410. The van der Waals surface area contributed by atoms with Gasteiger partial charge in [0.05, 0.1) is 0 Å². The third-order valence-electron chi connectivity index (χ3n) is 3.00. The lowest BCUT2D eigenvalue weighted by molar-refractivity contribution is -0.120. The van der Waals surface area contributed by atoms with E-state index in [1.54, 1.807) is 0 Å². The van der Waals surface area contributed by atoms with Crippen molar-refractivity contribution in [2.45, 2.75) is 26.7 Å². The minimum atomic E-state index is -0.103. The smallest absolute Gasteiger partial charge is 0.230 e. The molecule has 1 fully saturated rings. The summed E-state index contributed by atoms with van der Waals surface area (Å²) in [5.74, 6) is 0.160. The highest BCUT2D eigenvalue weighted by Gasteiger charge is 2.44. The second kappa shape index (κ2) is 3.77. The normalized spacial score (nSPS) is 17.3. The number of carbonyl (C=O) groups excluding carboxylic acids is 1. The van der Waals surface area contributed by atoms with Crippen molar-refractivity contribution in [3.63, 3.8) is 0 Å². The first-order valence-corrected chi connectivity index (χ1v) is 6.17. The van der Waals surface area contributed by atoms with Gasteiger partial charge in [-0.2, -0.15) is 0 Å². The molecule has 2 nitrogen and oxygen atoms in total. The van der Waals surface area contributed by atoms with E-state index in [2.05, 4.69) is 27.9 Å². The zero-order valence-electron chi connectivity index (χ0n) is 8.93. The van der Waals surface area contributed by atoms with Gasteiger partial charge < -0.3 is 5.32 Å². The third-order valence-corrected chi connectivity index (χ3v) is 3.67. The van der Waals surface area contributed by atoms with Crippen LogP contribution in [0.2, 0.25) is 0 Å². The third kappa shape index (κ3) is 2.33. The van der Waals surface area contributed by atoms with Crippen LogP contribution < -0.4 is 5.32 Å². The zero-order valence-corrected chi connectivity index (χ0v) is 11.1.